The summed E-state index contributed by atoms with van der Waals surface area (Å²) in [5.41, 5.74) is -5.00. The number of nitrogens with one attached hydrogen (secondary N) is 1. The first-order valence-electron chi connectivity index (χ1n) is 11.1. The Morgan fingerprint density at radius 3 is 1.92 bits per heavy atom. The topological polar surface area (TPSA) is 61.4 Å². The minimum atomic E-state index is -5.82. The summed E-state index contributed by atoms with van der Waals surface area (Å²) < 4.78 is 100. The number of carbonyl (C=O) groups excluding carboxylic acids is 1. The monoisotopic (exact) mass is 543 g/mol. The van der Waals surface area contributed by atoms with Crippen LogP contribution in [-0.4, -0.2) is 28.6 Å². The van der Waals surface area contributed by atoms with Crippen LogP contribution < -0.4 is 5.32 Å². The Labute approximate surface area is 212 Å². The Kier molecular flexibility index (Phi) is 8.93. The SMILES string of the molecule is CC[S+]([O-])c1ccc(CC(=O)Nc2ccc(C(OCc3ccccc3)(C(F)(F)F)C(F)(F)F)cc2)cc1. The molecule has 0 saturated carbocycles. The molecule has 0 aliphatic heterocycles. The van der Waals surface area contributed by atoms with E-state index in [0.29, 0.717) is 28.3 Å². The molecule has 3 aromatic carbocycles. The Morgan fingerprint density at radius 1 is 0.838 bits per heavy atom. The zero-order valence-electron chi connectivity index (χ0n) is 19.5. The Balaban J connectivity index is 1.79. The van der Waals surface area contributed by atoms with Crippen molar-refractivity contribution in [3.63, 3.8) is 0 Å². The van der Waals surface area contributed by atoms with Gasteiger partial charge in [-0.3, -0.25) is 4.79 Å². The molecule has 1 amide bonds. The average Bonchev–Trinajstić information content (AvgIpc) is 2.84. The van der Waals surface area contributed by atoms with E-state index < -0.39 is 47.2 Å². The largest absolute Gasteiger partial charge is 0.611 e. The highest BCUT2D eigenvalue weighted by Gasteiger charge is 2.73. The molecule has 0 aromatic heterocycles. The number of ether oxygens (including phenoxy) is 1. The first-order chi connectivity index (χ1) is 17.4. The van der Waals surface area contributed by atoms with Gasteiger partial charge < -0.3 is 14.6 Å². The molecule has 1 atom stereocenters. The molecule has 0 aliphatic carbocycles. The minimum absolute atomic E-state index is 0.0127. The highest BCUT2D eigenvalue weighted by Crippen LogP contribution is 2.53. The van der Waals surface area contributed by atoms with Gasteiger partial charge in [-0.15, -0.1) is 0 Å². The van der Waals surface area contributed by atoms with E-state index in [9.17, 15) is 35.7 Å². The number of hydrogen-bond acceptors (Lipinski definition) is 3. The highest BCUT2D eigenvalue weighted by molar-refractivity contribution is 7.91. The predicted molar refractivity (Wildman–Crippen MR) is 127 cm³/mol. The Bertz CT molecular complexity index is 1150. The summed E-state index contributed by atoms with van der Waals surface area (Å²) in [7, 11) is 0. The molecule has 0 heterocycles. The van der Waals surface area contributed by atoms with Gasteiger partial charge >= 0.3 is 12.4 Å². The quantitative estimate of drug-likeness (QED) is 0.247. The van der Waals surface area contributed by atoms with Gasteiger partial charge in [-0.1, -0.05) is 54.6 Å². The van der Waals surface area contributed by atoms with E-state index >= 15 is 0 Å². The predicted octanol–water partition coefficient (Wildman–Crippen LogP) is 6.53. The average molecular weight is 544 g/mol. The minimum Gasteiger partial charge on any atom is -0.611 e. The van der Waals surface area contributed by atoms with Crippen molar-refractivity contribution in [3.8, 4) is 0 Å². The molecule has 0 bridgehead atoms. The normalized spacial score (nSPS) is 13.3. The molecule has 0 aliphatic rings. The standard InChI is InChI=1S/C26H23F6NO3S/c1-2-37(35)22-14-8-18(9-15-22)16-23(34)33-21-12-10-20(11-13-21)24(25(27,28)29,26(30,31)32)36-17-19-6-4-3-5-7-19/h3-15H,2,16-17H2,1H3,(H,33,34). The van der Waals surface area contributed by atoms with Crippen LogP contribution in [0.4, 0.5) is 32.0 Å². The van der Waals surface area contributed by atoms with Crippen LogP contribution in [0.2, 0.25) is 0 Å². The van der Waals surface area contributed by atoms with Crippen LogP contribution in [0, 0.1) is 0 Å². The van der Waals surface area contributed by atoms with Gasteiger partial charge in [0.2, 0.25) is 5.91 Å². The molecule has 11 heteroatoms. The van der Waals surface area contributed by atoms with Gasteiger partial charge in [0.25, 0.3) is 5.60 Å². The van der Waals surface area contributed by atoms with Crippen LogP contribution in [0.1, 0.15) is 23.6 Å². The van der Waals surface area contributed by atoms with Crippen LogP contribution in [0.15, 0.2) is 83.8 Å². The fourth-order valence-corrected chi connectivity index (χ4v) is 4.38. The summed E-state index contributed by atoms with van der Waals surface area (Å²) in [6.07, 6.45) is -11.7. The summed E-state index contributed by atoms with van der Waals surface area (Å²) in [6.45, 7) is 0.842. The van der Waals surface area contributed by atoms with Crippen LogP contribution in [0.25, 0.3) is 0 Å². The number of carbonyl (C=O) groups is 1. The summed E-state index contributed by atoms with van der Waals surface area (Å²) in [6, 6.07) is 16.9. The number of anilines is 1. The third-order valence-corrected chi connectivity index (χ3v) is 6.81. The van der Waals surface area contributed by atoms with Crippen LogP contribution in [0.5, 0.6) is 0 Å². The molecule has 1 N–H and O–H groups in total. The zero-order chi connectivity index (χ0) is 27.3. The van der Waals surface area contributed by atoms with Gasteiger partial charge in [0.15, 0.2) is 4.90 Å². The third-order valence-electron chi connectivity index (χ3n) is 5.48. The van der Waals surface area contributed by atoms with Crippen LogP contribution in [-0.2, 0) is 39.3 Å². The van der Waals surface area contributed by atoms with E-state index in [1.807, 2.05) is 0 Å². The lowest BCUT2D eigenvalue weighted by atomic mass is 9.91. The molecular formula is C26H23F6NO3S. The summed E-state index contributed by atoms with van der Waals surface area (Å²) in [5.74, 6) is -0.0905. The summed E-state index contributed by atoms with van der Waals surface area (Å²) in [5, 5.41) is 2.45. The lowest BCUT2D eigenvalue weighted by Crippen LogP contribution is -2.55. The first kappa shape index (κ1) is 28.5. The van der Waals surface area contributed by atoms with Crippen LogP contribution in [0.3, 0.4) is 0 Å². The Morgan fingerprint density at radius 2 is 1.41 bits per heavy atom. The second kappa shape index (κ2) is 11.6. The molecule has 3 aromatic rings. The highest BCUT2D eigenvalue weighted by atomic mass is 32.2. The van der Waals surface area contributed by atoms with Crippen molar-refractivity contribution in [1.29, 1.82) is 0 Å². The molecule has 0 fully saturated rings. The second-order valence-corrected chi connectivity index (χ2v) is 9.77. The molecule has 0 saturated heterocycles. The van der Waals surface area contributed by atoms with Crippen molar-refractivity contribution in [2.24, 2.45) is 0 Å². The molecule has 1 unspecified atom stereocenters. The van der Waals surface area contributed by atoms with Crippen LogP contribution >= 0.6 is 0 Å². The molecular weight excluding hydrogens is 520 g/mol. The van der Waals surface area contributed by atoms with E-state index in [-0.39, 0.29) is 17.7 Å². The van der Waals surface area contributed by atoms with Crippen molar-refractivity contribution >= 4 is 22.8 Å². The number of alkyl halides is 6. The van der Waals surface area contributed by atoms with E-state index in [2.05, 4.69) is 10.1 Å². The number of rotatable bonds is 9. The van der Waals surface area contributed by atoms with E-state index in [4.69, 9.17) is 0 Å². The second-order valence-electron chi connectivity index (χ2n) is 8.03. The van der Waals surface area contributed by atoms with Crippen molar-refractivity contribution < 1.29 is 40.4 Å². The van der Waals surface area contributed by atoms with E-state index in [1.54, 1.807) is 37.3 Å². The molecule has 0 spiro atoms. The van der Waals surface area contributed by atoms with E-state index in [0.717, 1.165) is 12.1 Å². The van der Waals surface area contributed by atoms with Gasteiger partial charge in [0, 0.05) is 11.3 Å². The summed E-state index contributed by atoms with van der Waals surface area (Å²) >= 11 is -1.15. The van der Waals surface area contributed by atoms with Gasteiger partial charge in [0.05, 0.1) is 13.0 Å². The zero-order valence-corrected chi connectivity index (χ0v) is 20.3. The van der Waals surface area contributed by atoms with Crippen molar-refractivity contribution in [1.82, 2.24) is 0 Å². The van der Waals surface area contributed by atoms with Gasteiger partial charge in [-0.25, -0.2) is 0 Å². The maximum atomic E-state index is 14.0. The smallest absolute Gasteiger partial charge is 0.430 e. The van der Waals surface area contributed by atoms with Gasteiger partial charge in [0.1, 0.15) is 5.75 Å². The maximum absolute atomic E-state index is 14.0. The van der Waals surface area contributed by atoms with Crippen molar-refractivity contribution in [3.05, 3.63) is 95.6 Å². The molecule has 198 valence electrons. The Hall–Kier alpha value is -3.02. The molecule has 3 rings (SSSR count). The number of benzene rings is 3. The lowest BCUT2D eigenvalue weighted by Gasteiger charge is -2.37. The maximum Gasteiger partial charge on any atom is 0.430 e. The number of amides is 1. The number of hydrogen-bond donors (Lipinski definition) is 1. The molecule has 37 heavy (non-hydrogen) atoms. The molecule has 0 radical (unpaired) electrons. The first-order valence-corrected chi connectivity index (χ1v) is 12.4. The fourth-order valence-electron chi connectivity index (χ4n) is 3.61. The molecule has 4 nitrogen and oxygen atoms in total. The van der Waals surface area contributed by atoms with Crippen molar-refractivity contribution in [2.75, 3.05) is 11.1 Å². The lowest BCUT2D eigenvalue weighted by molar-refractivity contribution is -0.392. The van der Waals surface area contributed by atoms with Gasteiger partial charge in [-0.05, 0) is 53.5 Å². The number of halogens is 6. The van der Waals surface area contributed by atoms with Crippen molar-refractivity contribution in [2.45, 2.75) is 42.8 Å². The summed E-state index contributed by atoms with van der Waals surface area (Å²) in [4.78, 5) is 13.0. The fraction of sp³-hybridized carbons (Fsp3) is 0.269. The van der Waals surface area contributed by atoms with E-state index in [1.165, 1.54) is 24.3 Å². The van der Waals surface area contributed by atoms with Gasteiger partial charge in [-0.2, -0.15) is 26.3 Å². The third kappa shape index (κ3) is 6.65.